The largest absolute Gasteiger partial charge is 0.493 e. The van der Waals surface area contributed by atoms with E-state index in [1.807, 2.05) is 6.07 Å². The molecule has 0 atom stereocenters. The first-order valence-electron chi connectivity index (χ1n) is 5.27. The molecule has 0 fully saturated rings. The number of methoxy groups -OCH3 is 1. The van der Waals surface area contributed by atoms with Crippen molar-refractivity contribution in [2.24, 2.45) is 0 Å². The fourth-order valence-corrected chi connectivity index (χ4v) is 2.19. The number of carbonyl (C=O) groups excluding carboxylic acids is 1. The maximum absolute atomic E-state index is 11.3. The molecule has 2 aromatic rings. The van der Waals surface area contributed by atoms with Crippen molar-refractivity contribution < 1.29 is 14.3 Å². The Hall–Kier alpha value is -2.13. The lowest BCUT2D eigenvalue weighted by Gasteiger charge is -2.08. The number of benzene rings is 1. The van der Waals surface area contributed by atoms with Gasteiger partial charge in [-0.25, -0.2) is 4.98 Å². The predicted molar refractivity (Wildman–Crippen MR) is 66.8 cm³/mol. The molecular formula is C12H10N2O3S. The van der Waals surface area contributed by atoms with Crippen LogP contribution in [0.3, 0.4) is 0 Å². The van der Waals surface area contributed by atoms with Gasteiger partial charge in [-0.2, -0.15) is 5.26 Å². The molecule has 1 aromatic heterocycles. The number of nitriles is 1. The summed E-state index contributed by atoms with van der Waals surface area (Å²) in [6, 6.07) is 5.31. The summed E-state index contributed by atoms with van der Waals surface area (Å²) >= 11 is 1.27. The molecule has 0 bridgehead atoms. The topological polar surface area (TPSA) is 72.2 Å². The molecule has 0 aliphatic heterocycles. The Balaban J connectivity index is 2.51. The van der Waals surface area contributed by atoms with Crippen molar-refractivity contribution in [3.05, 3.63) is 17.1 Å². The zero-order valence-electron chi connectivity index (χ0n) is 9.89. The first kappa shape index (κ1) is 12.3. The molecule has 0 aliphatic carbocycles. The van der Waals surface area contributed by atoms with Crippen LogP contribution >= 0.6 is 11.3 Å². The molecule has 18 heavy (non-hydrogen) atoms. The number of carbonyl (C=O) groups is 1. The zero-order chi connectivity index (χ0) is 13.1. The Labute approximate surface area is 108 Å². The molecule has 0 N–H and O–H groups in total. The smallest absolute Gasteiger partial charge is 0.311 e. The van der Waals surface area contributed by atoms with Crippen molar-refractivity contribution in [2.45, 2.75) is 13.3 Å². The van der Waals surface area contributed by atoms with Crippen molar-refractivity contribution in [1.29, 1.82) is 5.26 Å². The lowest BCUT2D eigenvalue weighted by atomic mass is 10.3. The third-order valence-corrected chi connectivity index (χ3v) is 3.20. The average molecular weight is 262 g/mol. The minimum atomic E-state index is -0.344. The molecule has 1 aromatic carbocycles. The normalized spacial score (nSPS) is 10.1. The molecule has 0 unspecified atom stereocenters. The van der Waals surface area contributed by atoms with Gasteiger partial charge in [-0.15, -0.1) is 11.3 Å². The van der Waals surface area contributed by atoms with Gasteiger partial charge in [0, 0.05) is 18.6 Å². The van der Waals surface area contributed by atoms with Gasteiger partial charge in [-0.3, -0.25) is 4.79 Å². The van der Waals surface area contributed by atoms with Gasteiger partial charge in [0.05, 0.1) is 17.3 Å². The first-order valence-corrected chi connectivity index (χ1v) is 6.09. The first-order chi connectivity index (χ1) is 8.67. The zero-order valence-corrected chi connectivity index (χ0v) is 10.7. The molecule has 1 heterocycles. The molecule has 0 radical (unpaired) electrons. The highest BCUT2D eigenvalue weighted by molar-refractivity contribution is 7.19. The summed E-state index contributed by atoms with van der Waals surface area (Å²) in [5.74, 6) is 0.437. The SMILES string of the molecule is CCC(=O)Oc1cc2nc(C#N)sc2cc1OC. The number of hydrogen-bond donors (Lipinski definition) is 0. The van der Waals surface area contributed by atoms with E-state index in [1.165, 1.54) is 18.4 Å². The number of hydrogen-bond acceptors (Lipinski definition) is 6. The van der Waals surface area contributed by atoms with Crippen LogP contribution in [0, 0.1) is 11.3 Å². The van der Waals surface area contributed by atoms with Gasteiger partial charge >= 0.3 is 5.97 Å². The van der Waals surface area contributed by atoms with Gasteiger partial charge in [0.25, 0.3) is 0 Å². The van der Waals surface area contributed by atoms with Crippen LogP contribution in [0.5, 0.6) is 11.5 Å². The summed E-state index contributed by atoms with van der Waals surface area (Å²) in [6.45, 7) is 1.71. The molecule has 0 spiro atoms. The number of rotatable bonds is 3. The van der Waals surface area contributed by atoms with Crippen molar-refractivity contribution in [1.82, 2.24) is 4.98 Å². The summed E-state index contributed by atoms with van der Waals surface area (Å²) in [7, 11) is 1.50. The van der Waals surface area contributed by atoms with Crippen LogP contribution < -0.4 is 9.47 Å². The molecule has 0 amide bonds. The minimum absolute atomic E-state index is 0.279. The van der Waals surface area contributed by atoms with Gasteiger partial charge in [0.2, 0.25) is 0 Å². The Morgan fingerprint density at radius 1 is 1.50 bits per heavy atom. The highest BCUT2D eigenvalue weighted by atomic mass is 32.1. The van der Waals surface area contributed by atoms with Crippen molar-refractivity contribution in [2.75, 3.05) is 7.11 Å². The van der Waals surface area contributed by atoms with E-state index in [0.717, 1.165) is 4.70 Å². The Kier molecular flexibility index (Phi) is 3.44. The van der Waals surface area contributed by atoms with Gasteiger partial charge in [-0.05, 0) is 0 Å². The van der Waals surface area contributed by atoms with E-state index >= 15 is 0 Å². The van der Waals surface area contributed by atoms with Crippen molar-refractivity contribution >= 4 is 27.5 Å². The van der Waals surface area contributed by atoms with E-state index in [9.17, 15) is 4.79 Å². The van der Waals surface area contributed by atoms with Gasteiger partial charge in [-0.1, -0.05) is 6.92 Å². The van der Waals surface area contributed by atoms with Gasteiger partial charge in [0.15, 0.2) is 16.5 Å². The molecule has 92 valence electrons. The molecular weight excluding hydrogens is 252 g/mol. The third kappa shape index (κ3) is 2.26. The van der Waals surface area contributed by atoms with E-state index < -0.39 is 0 Å². The number of aromatic nitrogens is 1. The van der Waals surface area contributed by atoms with Crippen molar-refractivity contribution in [3.63, 3.8) is 0 Å². The minimum Gasteiger partial charge on any atom is -0.493 e. The number of fused-ring (bicyclic) bond motifs is 1. The third-order valence-electron chi connectivity index (χ3n) is 2.28. The molecule has 2 rings (SSSR count). The number of nitrogens with zero attached hydrogens (tertiary/aromatic N) is 2. The van der Waals surface area contributed by atoms with Gasteiger partial charge < -0.3 is 9.47 Å². The van der Waals surface area contributed by atoms with E-state index in [-0.39, 0.29) is 12.4 Å². The second-order valence-corrected chi connectivity index (χ2v) is 4.46. The number of ether oxygens (including phenoxy) is 2. The fraction of sp³-hybridized carbons (Fsp3) is 0.250. The van der Waals surface area contributed by atoms with E-state index in [1.54, 1.807) is 19.1 Å². The second-order valence-electron chi connectivity index (χ2n) is 3.43. The summed E-state index contributed by atoms with van der Waals surface area (Å²) in [6.07, 6.45) is 0.279. The lowest BCUT2D eigenvalue weighted by Crippen LogP contribution is -2.06. The van der Waals surface area contributed by atoms with E-state index in [2.05, 4.69) is 4.98 Å². The van der Waals surface area contributed by atoms with Crippen LogP contribution in [0.1, 0.15) is 18.4 Å². The van der Waals surface area contributed by atoms with Crippen molar-refractivity contribution in [3.8, 4) is 17.6 Å². The van der Waals surface area contributed by atoms with E-state index in [0.29, 0.717) is 22.0 Å². The van der Waals surface area contributed by atoms with Crippen LogP contribution in [0.25, 0.3) is 10.2 Å². The predicted octanol–water partition coefficient (Wildman–Crippen LogP) is 2.49. The quantitative estimate of drug-likeness (QED) is 0.627. The molecule has 5 nitrogen and oxygen atoms in total. The fourth-order valence-electron chi connectivity index (χ4n) is 1.42. The van der Waals surface area contributed by atoms with Crippen LogP contribution in [0.15, 0.2) is 12.1 Å². The standard InChI is InChI=1S/C12H10N2O3S/c1-3-12(15)17-9-4-7-10(5-8(9)16-2)18-11(6-13)14-7/h4-5H,3H2,1-2H3. The summed E-state index contributed by atoms with van der Waals surface area (Å²) in [5, 5.41) is 9.17. The highest BCUT2D eigenvalue weighted by Gasteiger charge is 2.13. The van der Waals surface area contributed by atoms with Crippen LogP contribution in [-0.4, -0.2) is 18.1 Å². The molecule has 0 saturated heterocycles. The average Bonchev–Trinajstić information content (AvgIpc) is 2.79. The summed E-state index contributed by atoms with van der Waals surface area (Å²) in [5.41, 5.74) is 0.622. The number of esters is 1. The maximum Gasteiger partial charge on any atom is 0.311 e. The Morgan fingerprint density at radius 3 is 2.89 bits per heavy atom. The monoisotopic (exact) mass is 262 g/mol. The van der Waals surface area contributed by atoms with Crippen LogP contribution in [-0.2, 0) is 4.79 Å². The second kappa shape index (κ2) is 5.02. The maximum atomic E-state index is 11.3. The molecule has 0 saturated carbocycles. The Morgan fingerprint density at radius 2 is 2.28 bits per heavy atom. The van der Waals surface area contributed by atoms with Crippen LogP contribution in [0.4, 0.5) is 0 Å². The highest BCUT2D eigenvalue weighted by Crippen LogP contribution is 2.34. The lowest BCUT2D eigenvalue weighted by molar-refractivity contribution is -0.134. The van der Waals surface area contributed by atoms with Gasteiger partial charge in [0.1, 0.15) is 6.07 Å². The summed E-state index contributed by atoms with van der Waals surface area (Å²) in [4.78, 5) is 15.4. The Bertz CT molecular complexity index is 643. The summed E-state index contributed by atoms with van der Waals surface area (Å²) < 4.78 is 11.1. The number of thiazole rings is 1. The van der Waals surface area contributed by atoms with Crippen LogP contribution in [0.2, 0.25) is 0 Å². The van der Waals surface area contributed by atoms with E-state index in [4.69, 9.17) is 14.7 Å². The molecule has 0 aliphatic rings. The molecule has 6 heteroatoms.